The Morgan fingerprint density at radius 1 is 1.47 bits per heavy atom. The van der Waals surface area contributed by atoms with Crippen LogP contribution >= 0.6 is 22.9 Å². The Hall–Kier alpha value is -1.39. The predicted molar refractivity (Wildman–Crippen MR) is 77.0 cm³/mol. The van der Waals surface area contributed by atoms with Crippen LogP contribution < -0.4 is 5.73 Å². The van der Waals surface area contributed by atoms with Gasteiger partial charge in [0.1, 0.15) is 5.82 Å². The van der Waals surface area contributed by atoms with Crippen molar-refractivity contribution >= 4 is 33.9 Å². The van der Waals surface area contributed by atoms with Crippen LogP contribution in [0.4, 0.5) is 10.1 Å². The summed E-state index contributed by atoms with van der Waals surface area (Å²) < 4.78 is 13.4. The monoisotopic (exact) mass is 297 g/mol. The second-order valence-corrected chi connectivity index (χ2v) is 5.97. The highest BCUT2D eigenvalue weighted by Crippen LogP contribution is 2.35. The minimum atomic E-state index is -1.03. The first-order valence-electron chi connectivity index (χ1n) is 5.71. The Morgan fingerprint density at radius 2 is 2.21 bits per heavy atom. The van der Waals surface area contributed by atoms with Gasteiger partial charge in [-0.05, 0) is 60.2 Å². The van der Waals surface area contributed by atoms with Gasteiger partial charge in [0.2, 0.25) is 5.24 Å². The number of rotatable bonds is 4. The second-order valence-electron chi connectivity index (χ2n) is 4.59. The quantitative estimate of drug-likeness (QED) is 0.690. The average Bonchev–Trinajstić information content (AvgIpc) is 2.84. The fraction of sp³-hybridized carbons (Fsp3) is 0.214. The number of carbonyl (C=O) groups excluding carboxylic acids is 1. The van der Waals surface area contributed by atoms with E-state index in [4.69, 9.17) is 17.3 Å². The Morgan fingerprint density at radius 3 is 2.79 bits per heavy atom. The maximum atomic E-state index is 13.4. The number of nitrogens with two attached hydrogens (primary N) is 1. The summed E-state index contributed by atoms with van der Waals surface area (Å²) >= 11 is 7.27. The molecule has 1 aromatic heterocycles. The lowest BCUT2D eigenvalue weighted by Crippen LogP contribution is -2.32. The maximum absolute atomic E-state index is 13.4. The number of carbonyl (C=O) groups is 1. The Kier molecular flexibility index (Phi) is 3.92. The second kappa shape index (κ2) is 5.31. The van der Waals surface area contributed by atoms with E-state index < -0.39 is 16.5 Å². The molecule has 0 aliphatic heterocycles. The molecular weight excluding hydrogens is 285 g/mol. The van der Waals surface area contributed by atoms with Gasteiger partial charge in [-0.3, -0.25) is 4.79 Å². The Bertz CT molecular complexity index is 599. The number of hydrogen-bond acceptors (Lipinski definition) is 3. The van der Waals surface area contributed by atoms with Gasteiger partial charge in [-0.2, -0.15) is 0 Å². The van der Waals surface area contributed by atoms with Crippen molar-refractivity contribution < 1.29 is 9.18 Å². The van der Waals surface area contributed by atoms with Gasteiger partial charge in [0, 0.05) is 10.6 Å². The van der Waals surface area contributed by atoms with E-state index >= 15 is 0 Å². The number of nitrogen functional groups attached to an aromatic ring is 1. The van der Waals surface area contributed by atoms with Crippen LogP contribution in [0.25, 0.3) is 0 Å². The van der Waals surface area contributed by atoms with Gasteiger partial charge in [-0.25, -0.2) is 4.39 Å². The number of halogens is 2. The van der Waals surface area contributed by atoms with Crippen molar-refractivity contribution in [2.75, 3.05) is 5.73 Å². The van der Waals surface area contributed by atoms with Crippen LogP contribution in [0, 0.1) is 5.82 Å². The van der Waals surface area contributed by atoms with Gasteiger partial charge in [0.25, 0.3) is 0 Å². The van der Waals surface area contributed by atoms with E-state index in [1.54, 1.807) is 6.92 Å². The summed E-state index contributed by atoms with van der Waals surface area (Å²) in [6.45, 7) is 1.69. The minimum Gasteiger partial charge on any atom is -0.398 e. The van der Waals surface area contributed by atoms with Crippen molar-refractivity contribution in [2.45, 2.75) is 18.8 Å². The molecule has 2 nitrogen and oxygen atoms in total. The SMILES string of the molecule is CC(Cc1cccs1)(C(=O)Cl)c1cc(F)ccc1N. The lowest BCUT2D eigenvalue weighted by atomic mass is 9.79. The summed E-state index contributed by atoms with van der Waals surface area (Å²) in [6.07, 6.45) is 0.403. The fourth-order valence-corrected chi connectivity index (χ4v) is 3.07. The fourth-order valence-electron chi connectivity index (χ4n) is 2.04. The summed E-state index contributed by atoms with van der Waals surface area (Å²) in [5, 5.41) is 1.38. The number of hydrogen-bond donors (Lipinski definition) is 1. The summed E-state index contributed by atoms with van der Waals surface area (Å²) in [4.78, 5) is 12.8. The van der Waals surface area contributed by atoms with Gasteiger partial charge in [-0.15, -0.1) is 11.3 Å². The highest BCUT2D eigenvalue weighted by molar-refractivity contribution is 7.09. The van der Waals surface area contributed by atoms with Crippen molar-refractivity contribution in [3.8, 4) is 0 Å². The molecule has 0 aliphatic rings. The standard InChI is InChI=1S/C14H13ClFNOS/c1-14(13(15)18,8-10-3-2-6-19-10)11-7-9(16)4-5-12(11)17/h2-7H,8,17H2,1H3. The molecule has 0 aliphatic carbocycles. The van der Waals surface area contributed by atoms with Gasteiger partial charge >= 0.3 is 0 Å². The molecule has 0 spiro atoms. The largest absolute Gasteiger partial charge is 0.398 e. The molecule has 0 saturated heterocycles. The summed E-state index contributed by atoms with van der Waals surface area (Å²) in [5.74, 6) is -0.431. The minimum absolute atomic E-state index is 0.370. The molecule has 0 bridgehead atoms. The molecule has 0 saturated carbocycles. The van der Waals surface area contributed by atoms with Crippen molar-refractivity contribution in [1.82, 2.24) is 0 Å². The summed E-state index contributed by atoms with van der Waals surface area (Å²) in [6, 6.07) is 7.82. The van der Waals surface area contributed by atoms with Crippen LogP contribution in [0.1, 0.15) is 17.4 Å². The molecule has 0 fully saturated rings. The molecule has 5 heteroatoms. The molecule has 2 aromatic rings. The molecule has 2 rings (SSSR count). The Labute approximate surface area is 120 Å². The van der Waals surface area contributed by atoms with Crippen LogP contribution in [0.2, 0.25) is 0 Å². The van der Waals surface area contributed by atoms with Crippen LogP contribution in [0.3, 0.4) is 0 Å². The van der Waals surface area contributed by atoms with Crippen LogP contribution in [0.15, 0.2) is 35.7 Å². The molecular formula is C14H13ClFNOS. The lowest BCUT2D eigenvalue weighted by molar-refractivity contribution is -0.116. The van der Waals surface area contributed by atoms with E-state index in [1.165, 1.54) is 29.5 Å². The van der Waals surface area contributed by atoms with E-state index in [2.05, 4.69) is 0 Å². The van der Waals surface area contributed by atoms with E-state index in [0.717, 1.165) is 4.88 Å². The highest BCUT2D eigenvalue weighted by atomic mass is 35.5. The zero-order valence-electron chi connectivity index (χ0n) is 10.3. The lowest BCUT2D eigenvalue weighted by Gasteiger charge is -2.27. The molecule has 1 aromatic carbocycles. The van der Waals surface area contributed by atoms with Crippen molar-refractivity contribution in [3.63, 3.8) is 0 Å². The molecule has 1 heterocycles. The van der Waals surface area contributed by atoms with E-state index in [1.807, 2.05) is 17.5 Å². The van der Waals surface area contributed by atoms with Crippen LogP contribution in [-0.2, 0) is 16.6 Å². The Balaban J connectivity index is 2.49. The smallest absolute Gasteiger partial charge is 0.232 e. The van der Waals surface area contributed by atoms with Crippen molar-refractivity contribution in [2.24, 2.45) is 0 Å². The summed E-state index contributed by atoms with van der Waals surface area (Å²) in [7, 11) is 0. The first-order valence-corrected chi connectivity index (χ1v) is 6.97. The molecule has 100 valence electrons. The van der Waals surface area contributed by atoms with E-state index in [0.29, 0.717) is 17.7 Å². The van der Waals surface area contributed by atoms with Crippen LogP contribution in [0.5, 0.6) is 0 Å². The van der Waals surface area contributed by atoms with Gasteiger partial charge in [-0.1, -0.05) is 6.07 Å². The molecule has 2 N–H and O–H groups in total. The van der Waals surface area contributed by atoms with Crippen molar-refractivity contribution in [3.05, 3.63) is 52.0 Å². The van der Waals surface area contributed by atoms with E-state index in [-0.39, 0.29) is 0 Å². The normalized spacial score (nSPS) is 14.1. The molecule has 1 atom stereocenters. The first-order chi connectivity index (χ1) is 8.93. The number of anilines is 1. The maximum Gasteiger partial charge on any atom is 0.232 e. The highest BCUT2D eigenvalue weighted by Gasteiger charge is 2.36. The molecule has 0 radical (unpaired) electrons. The topological polar surface area (TPSA) is 43.1 Å². The van der Waals surface area contributed by atoms with Gasteiger partial charge < -0.3 is 5.73 Å². The molecule has 19 heavy (non-hydrogen) atoms. The first kappa shape index (κ1) is 14.0. The average molecular weight is 298 g/mol. The third-order valence-corrected chi connectivity index (χ3v) is 4.44. The third kappa shape index (κ3) is 2.80. The number of thiophene rings is 1. The zero-order chi connectivity index (χ0) is 14.0. The molecule has 0 amide bonds. The van der Waals surface area contributed by atoms with Crippen LogP contribution in [-0.4, -0.2) is 5.24 Å². The zero-order valence-corrected chi connectivity index (χ0v) is 11.9. The third-order valence-electron chi connectivity index (χ3n) is 3.15. The van der Waals surface area contributed by atoms with E-state index in [9.17, 15) is 9.18 Å². The summed E-state index contributed by atoms with van der Waals surface area (Å²) in [5.41, 5.74) is 5.64. The van der Waals surface area contributed by atoms with Gasteiger partial charge in [0.15, 0.2) is 0 Å². The number of benzene rings is 1. The predicted octanol–water partition coefficient (Wildman–Crippen LogP) is 3.74. The van der Waals surface area contributed by atoms with Crippen molar-refractivity contribution in [1.29, 1.82) is 0 Å². The van der Waals surface area contributed by atoms with Gasteiger partial charge in [0.05, 0.1) is 5.41 Å². The molecule has 1 unspecified atom stereocenters.